The highest BCUT2D eigenvalue weighted by Crippen LogP contribution is 2.20. The zero-order chi connectivity index (χ0) is 19.2. The summed E-state index contributed by atoms with van der Waals surface area (Å²) in [5, 5.41) is 12.9. The van der Waals surface area contributed by atoms with Crippen molar-refractivity contribution in [3.8, 4) is 11.3 Å². The fourth-order valence-electron chi connectivity index (χ4n) is 2.83. The van der Waals surface area contributed by atoms with Gasteiger partial charge in [0.25, 0.3) is 5.91 Å². The number of amides is 2. The van der Waals surface area contributed by atoms with Crippen molar-refractivity contribution >= 4 is 11.8 Å². The quantitative estimate of drug-likeness (QED) is 0.504. The Kier molecular flexibility index (Phi) is 5.63. The van der Waals surface area contributed by atoms with Gasteiger partial charge in [-0.25, -0.2) is 4.98 Å². The molecule has 3 rings (SSSR count). The van der Waals surface area contributed by atoms with E-state index in [1.807, 2.05) is 60.7 Å². The van der Waals surface area contributed by atoms with Crippen molar-refractivity contribution in [3.05, 3.63) is 78.2 Å². The number of aliphatic hydroxyl groups is 1. The molecule has 2 unspecified atom stereocenters. The minimum Gasteiger partial charge on any atom is -0.381 e. The molecule has 1 aromatic heterocycles. The number of carbonyl (C=O) groups excluding carboxylic acids is 2. The first kappa shape index (κ1) is 18.3. The third-order valence-corrected chi connectivity index (χ3v) is 4.20. The number of rotatable bonds is 7. The average Bonchev–Trinajstić information content (AvgIpc) is 3.18. The van der Waals surface area contributed by atoms with E-state index in [1.165, 1.54) is 6.33 Å². The number of imidazole rings is 1. The van der Waals surface area contributed by atoms with E-state index in [9.17, 15) is 14.7 Å². The number of hydrogen-bond acceptors (Lipinski definition) is 4. The van der Waals surface area contributed by atoms with Crippen LogP contribution in [0.5, 0.6) is 0 Å². The highest BCUT2D eigenvalue weighted by molar-refractivity contribution is 5.98. The van der Waals surface area contributed by atoms with E-state index in [4.69, 9.17) is 5.73 Å². The van der Waals surface area contributed by atoms with Crippen molar-refractivity contribution in [2.45, 2.75) is 18.6 Å². The summed E-state index contributed by atoms with van der Waals surface area (Å²) in [4.78, 5) is 31.3. The number of nitrogens with one attached hydrogen (secondary N) is 2. The Morgan fingerprint density at radius 1 is 1.07 bits per heavy atom. The molecule has 0 saturated heterocycles. The molecule has 0 bridgehead atoms. The van der Waals surface area contributed by atoms with Crippen LogP contribution >= 0.6 is 0 Å². The van der Waals surface area contributed by atoms with Crippen LogP contribution < -0.4 is 11.1 Å². The van der Waals surface area contributed by atoms with Crippen molar-refractivity contribution < 1.29 is 14.7 Å². The lowest BCUT2D eigenvalue weighted by atomic mass is 10.0. The molecule has 0 spiro atoms. The number of nitrogens with zero attached hydrogens (tertiary/aromatic N) is 1. The van der Waals surface area contributed by atoms with Crippen LogP contribution in [-0.2, 0) is 11.2 Å². The Hall–Kier alpha value is -3.45. The Balaban J connectivity index is 1.83. The lowest BCUT2D eigenvalue weighted by molar-refractivity contribution is -0.127. The Morgan fingerprint density at radius 2 is 1.70 bits per heavy atom. The standard InChI is InChI=1S/C20H20N4O3/c21-19(26)18(25)15(11-13-7-3-1-4-8-13)24-20(27)17-16(22-12-23-17)14-9-5-2-6-10-14/h1-10,12,15,18,25H,11H2,(H2,21,26)(H,22,23)(H,24,27). The first-order valence-electron chi connectivity index (χ1n) is 8.47. The normalized spacial score (nSPS) is 12.9. The van der Waals surface area contributed by atoms with Gasteiger partial charge >= 0.3 is 0 Å². The van der Waals surface area contributed by atoms with Gasteiger partial charge in [0.15, 0.2) is 6.10 Å². The third kappa shape index (κ3) is 4.39. The van der Waals surface area contributed by atoms with Crippen molar-refractivity contribution in [2.75, 3.05) is 0 Å². The van der Waals surface area contributed by atoms with Crippen molar-refractivity contribution in [3.63, 3.8) is 0 Å². The predicted octanol–water partition coefficient (Wildman–Crippen LogP) is 1.26. The molecule has 7 nitrogen and oxygen atoms in total. The molecule has 2 amide bonds. The zero-order valence-corrected chi connectivity index (χ0v) is 14.5. The predicted molar refractivity (Wildman–Crippen MR) is 101 cm³/mol. The van der Waals surface area contributed by atoms with Crippen LogP contribution in [0.1, 0.15) is 16.1 Å². The first-order valence-corrected chi connectivity index (χ1v) is 8.47. The van der Waals surface area contributed by atoms with Crippen LogP contribution in [0, 0.1) is 0 Å². The summed E-state index contributed by atoms with van der Waals surface area (Å²) in [6, 6.07) is 17.6. The molecule has 1 heterocycles. The maximum Gasteiger partial charge on any atom is 0.270 e. The SMILES string of the molecule is NC(=O)C(O)C(Cc1ccccc1)NC(=O)c1[nH]cnc1-c1ccccc1. The number of aromatic amines is 1. The maximum atomic E-state index is 12.8. The van der Waals surface area contributed by atoms with E-state index in [-0.39, 0.29) is 12.1 Å². The summed E-state index contributed by atoms with van der Waals surface area (Å²) < 4.78 is 0. The third-order valence-electron chi connectivity index (χ3n) is 4.20. The van der Waals surface area contributed by atoms with E-state index in [0.29, 0.717) is 5.69 Å². The van der Waals surface area contributed by atoms with E-state index < -0.39 is 24.0 Å². The molecule has 0 aliphatic rings. The topological polar surface area (TPSA) is 121 Å². The van der Waals surface area contributed by atoms with E-state index in [1.54, 1.807) is 0 Å². The second-order valence-electron chi connectivity index (χ2n) is 6.11. The van der Waals surface area contributed by atoms with Gasteiger partial charge in [-0.2, -0.15) is 0 Å². The van der Waals surface area contributed by atoms with Gasteiger partial charge in [-0.1, -0.05) is 60.7 Å². The second kappa shape index (κ2) is 8.29. The van der Waals surface area contributed by atoms with Gasteiger partial charge in [0.1, 0.15) is 11.4 Å². The summed E-state index contributed by atoms with van der Waals surface area (Å²) >= 11 is 0. The highest BCUT2D eigenvalue weighted by Gasteiger charge is 2.28. The summed E-state index contributed by atoms with van der Waals surface area (Å²) in [5.74, 6) is -1.38. The number of aromatic nitrogens is 2. The first-order chi connectivity index (χ1) is 13.1. The highest BCUT2D eigenvalue weighted by atomic mass is 16.3. The fraction of sp³-hybridized carbons (Fsp3) is 0.150. The van der Waals surface area contributed by atoms with Gasteiger partial charge in [-0.15, -0.1) is 0 Å². The molecule has 0 fully saturated rings. The van der Waals surface area contributed by atoms with E-state index in [2.05, 4.69) is 15.3 Å². The molecule has 0 aliphatic carbocycles. The largest absolute Gasteiger partial charge is 0.381 e. The summed E-state index contributed by atoms with van der Waals surface area (Å²) in [6.45, 7) is 0. The molecule has 2 atom stereocenters. The molecule has 138 valence electrons. The number of benzene rings is 2. The molecule has 0 saturated carbocycles. The number of primary amides is 1. The lowest BCUT2D eigenvalue weighted by Crippen LogP contribution is -2.50. The number of nitrogens with two attached hydrogens (primary N) is 1. The fourth-order valence-corrected chi connectivity index (χ4v) is 2.83. The van der Waals surface area contributed by atoms with Gasteiger partial charge < -0.3 is 21.1 Å². The Morgan fingerprint density at radius 3 is 2.33 bits per heavy atom. The van der Waals surface area contributed by atoms with Gasteiger partial charge in [0.05, 0.1) is 12.4 Å². The second-order valence-corrected chi connectivity index (χ2v) is 6.11. The van der Waals surface area contributed by atoms with Gasteiger partial charge in [-0.3, -0.25) is 9.59 Å². The molecule has 27 heavy (non-hydrogen) atoms. The van der Waals surface area contributed by atoms with Gasteiger partial charge in [-0.05, 0) is 12.0 Å². The molecule has 0 radical (unpaired) electrons. The maximum absolute atomic E-state index is 12.8. The van der Waals surface area contributed by atoms with Crippen LogP contribution in [0.15, 0.2) is 67.0 Å². The average molecular weight is 364 g/mol. The summed E-state index contributed by atoms with van der Waals surface area (Å²) in [5.41, 5.74) is 7.61. The molecule has 0 aliphatic heterocycles. The summed E-state index contributed by atoms with van der Waals surface area (Å²) in [6.07, 6.45) is 0.164. The number of carbonyl (C=O) groups is 2. The van der Waals surface area contributed by atoms with Crippen molar-refractivity contribution in [2.24, 2.45) is 5.73 Å². The number of aliphatic hydroxyl groups excluding tert-OH is 1. The van der Waals surface area contributed by atoms with Crippen molar-refractivity contribution in [1.29, 1.82) is 0 Å². The van der Waals surface area contributed by atoms with E-state index >= 15 is 0 Å². The molecular formula is C20H20N4O3. The Bertz CT molecular complexity index is 909. The number of H-pyrrole nitrogens is 1. The Labute approximate surface area is 156 Å². The van der Waals surface area contributed by atoms with Crippen LogP contribution in [0.2, 0.25) is 0 Å². The summed E-state index contributed by atoms with van der Waals surface area (Å²) in [7, 11) is 0. The molecule has 3 aromatic rings. The van der Waals surface area contributed by atoms with Crippen LogP contribution in [-0.4, -0.2) is 39.0 Å². The molecular weight excluding hydrogens is 344 g/mol. The zero-order valence-electron chi connectivity index (χ0n) is 14.5. The van der Waals surface area contributed by atoms with Crippen LogP contribution in [0.25, 0.3) is 11.3 Å². The molecule has 7 heteroatoms. The minimum absolute atomic E-state index is 0.246. The van der Waals surface area contributed by atoms with Crippen LogP contribution in [0.3, 0.4) is 0 Å². The molecule has 2 aromatic carbocycles. The lowest BCUT2D eigenvalue weighted by Gasteiger charge is -2.22. The van der Waals surface area contributed by atoms with Crippen LogP contribution in [0.4, 0.5) is 0 Å². The monoisotopic (exact) mass is 364 g/mol. The molecule has 5 N–H and O–H groups in total. The smallest absolute Gasteiger partial charge is 0.270 e. The number of hydrogen-bond donors (Lipinski definition) is 4. The van der Waals surface area contributed by atoms with Gasteiger partial charge in [0.2, 0.25) is 5.91 Å². The van der Waals surface area contributed by atoms with Gasteiger partial charge in [0, 0.05) is 5.56 Å². The minimum atomic E-state index is -1.52. The van der Waals surface area contributed by atoms with Crippen molar-refractivity contribution in [1.82, 2.24) is 15.3 Å². The van der Waals surface area contributed by atoms with E-state index in [0.717, 1.165) is 11.1 Å².